The van der Waals surface area contributed by atoms with Crippen molar-refractivity contribution < 1.29 is 46.1 Å². The van der Waals surface area contributed by atoms with Crippen LogP contribution in [0.3, 0.4) is 0 Å². The van der Waals surface area contributed by atoms with Gasteiger partial charge in [-0.15, -0.1) is 0 Å². The van der Waals surface area contributed by atoms with Gasteiger partial charge in [-0.25, -0.2) is 0 Å². The van der Waals surface area contributed by atoms with Crippen molar-refractivity contribution in [2.75, 3.05) is 28.4 Å². The van der Waals surface area contributed by atoms with E-state index in [0.717, 1.165) is 0 Å². The third kappa shape index (κ3) is 9.11. The van der Waals surface area contributed by atoms with Gasteiger partial charge in [-0.05, 0) is 54.6 Å². The predicted molar refractivity (Wildman–Crippen MR) is 180 cm³/mol. The summed E-state index contributed by atoms with van der Waals surface area (Å²) in [5, 5.41) is 0. The van der Waals surface area contributed by atoms with Gasteiger partial charge in [0.2, 0.25) is 0 Å². The molecule has 0 N–H and O–H groups in total. The molecule has 0 aliphatic heterocycles. The summed E-state index contributed by atoms with van der Waals surface area (Å²) in [5.74, 6) is 4.39. The molecule has 0 unspecified atom stereocenters. The Balaban J connectivity index is 1.40. The number of benzene rings is 5. The smallest absolute Gasteiger partial charge is 0.493 e. The molecule has 0 aliphatic carbocycles. The van der Waals surface area contributed by atoms with E-state index in [0.29, 0.717) is 57.3 Å². The van der Waals surface area contributed by atoms with E-state index < -0.39 is 17.2 Å². The zero-order chi connectivity index (χ0) is 32.8. The van der Waals surface area contributed by atoms with Gasteiger partial charge in [0.05, 0.1) is 35.0 Å². The first kappa shape index (κ1) is 33.5. The highest BCUT2D eigenvalue weighted by Crippen LogP contribution is 2.50. The maximum absolute atomic E-state index is 6.41. The van der Waals surface area contributed by atoms with Crippen molar-refractivity contribution >= 4 is 17.2 Å². The molecule has 10 nitrogen and oxygen atoms in total. The van der Waals surface area contributed by atoms with Crippen molar-refractivity contribution in [3.05, 3.63) is 127 Å². The van der Waals surface area contributed by atoms with Crippen LogP contribution in [0.25, 0.3) is 0 Å². The van der Waals surface area contributed by atoms with Crippen LogP contribution in [0.1, 0.15) is 5.56 Å². The van der Waals surface area contributed by atoms with Crippen LogP contribution in [0, 0.1) is 0 Å². The first-order chi connectivity index (χ1) is 23.1. The Morgan fingerprint density at radius 2 is 0.617 bits per heavy atom. The maximum atomic E-state index is 6.41. The zero-order valence-electron chi connectivity index (χ0n) is 26.2. The van der Waals surface area contributed by atoms with Gasteiger partial charge >= 0.3 is 17.2 Å². The van der Waals surface area contributed by atoms with Crippen LogP contribution in [0.2, 0.25) is 0 Å². The molecule has 5 rings (SSSR count). The summed E-state index contributed by atoms with van der Waals surface area (Å²) < 4.78 is 59.6. The van der Waals surface area contributed by atoms with E-state index >= 15 is 0 Å². The minimum Gasteiger partial charge on any atom is -0.493 e. The Labute approximate surface area is 276 Å². The molecule has 0 spiro atoms. The molecule has 244 valence electrons. The van der Waals surface area contributed by atoms with Gasteiger partial charge in [-0.1, -0.05) is 66.7 Å². The lowest BCUT2D eigenvalue weighted by molar-refractivity contribution is 0.247. The molecule has 0 bridgehead atoms. The van der Waals surface area contributed by atoms with E-state index in [1.807, 2.05) is 66.7 Å². The monoisotopic (exact) mass is 676 g/mol. The number of hydrogen-bond acceptors (Lipinski definition) is 10. The summed E-state index contributed by atoms with van der Waals surface area (Å²) in [6, 6.07) is 36.4. The quantitative estimate of drug-likeness (QED) is 0.0887. The van der Waals surface area contributed by atoms with Crippen molar-refractivity contribution in [1.29, 1.82) is 0 Å². The lowest BCUT2D eigenvalue weighted by atomic mass is 10.2. The zero-order valence-corrected chi connectivity index (χ0v) is 28.0. The fourth-order valence-electron chi connectivity index (χ4n) is 4.14. The second-order valence-corrected chi connectivity index (χ2v) is 11.5. The van der Waals surface area contributed by atoms with Gasteiger partial charge in [-0.2, -0.15) is 0 Å². The Kier molecular flexibility index (Phi) is 12.2. The SMILES string of the molecule is COc1ccccc1OP(OCc1ccccc1OP(Oc1ccccc1OC)Oc1ccccc1OC)Oc1ccccc1OC. The second-order valence-electron chi connectivity index (χ2n) is 9.39. The van der Waals surface area contributed by atoms with E-state index in [2.05, 4.69) is 0 Å². The van der Waals surface area contributed by atoms with E-state index in [9.17, 15) is 0 Å². The van der Waals surface area contributed by atoms with Gasteiger partial charge in [-0.3, -0.25) is 4.52 Å². The van der Waals surface area contributed by atoms with E-state index in [4.69, 9.17) is 46.1 Å². The van der Waals surface area contributed by atoms with Crippen LogP contribution in [-0.4, -0.2) is 28.4 Å². The number of para-hydroxylation sites is 9. The summed E-state index contributed by atoms with van der Waals surface area (Å²) in [6.07, 6.45) is 0. The number of methoxy groups -OCH3 is 4. The summed E-state index contributed by atoms with van der Waals surface area (Å²) in [7, 11) is 2.18. The van der Waals surface area contributed by atoms with Crippen LogP contribution in [-0.2, 0) is 11.1 Å². The minimum absolute atomic E-state index is 0.0542. The first-order valence-electron chi connectivity index (χ1n) is 14.3. The Morgan fingerprint density at radius 1 is 0.340 bits per heavy atom. The van der Waals surface area contributed by atoms with Gasteiger partial charge in [0.25, 0.3) is 0 Å². The molecule has 0 fully saturated rings. The maximum Gasteiger partial charge on any atom is 0.530 e. The summed E-state index contributed by atoms with van der Waals surface area (Å²) >= 11 is 0. The van der Waals surface area contributed by atoms with Crippen molar-refractivity contribution in [2.45, 2.75) is 6.61 Å². The number of rotatable bonds is 17. The first-order valence-corrected chi connectivity index (χ1v) is 16.5. The fraction of sp³-hybridized carbons (Fsp3) is 0.143. The largest absolute Gasteiger partial charge is 0.530 e. The summed E-state index contributed by atoms with van der Waals surface area (Å²) in [6.45, 7) is 0.0542. The van der Waals surface area contributed by atoms with Gasteiger partial charge in [0.1, 0.15) is 5.75 Å². The lowest BCUT2D eigenvalue weighted by Gasteiger charge is -2.22. The van der Waals surface area contributed by atoms with Crippen molar-refractivity contribution in [3.8, 4) is 51.7 Å². The van der Waals surface area contributed by atoms with Crippen LogP contribution in [0.15, 0.2) is 121 Å². The average molecular weight is 677 g/mol. The molecule has 0 amide bonds. The molecule has 0 saturated carbocycles. The Morgan fingerprint density at radius 3 is 0.979 bits per heavy atom. The molecule has 0 radical (unpaired) electrons. The molecule has 47 heavy (non-hydrogen) atoms. The molecule has 0 saturated heterocycles. The van der Waals surface area contributed by atoms with Crippen molar-refractivity contribution in [2.24, 2.45) is 0 Å². The summed E-state index contributed by atoms with van der Waals surface area (Å²) in [4.78, 5) is 0. The van der Waals surface area contributed by atoms with Crippen molar-refractivity contribution in [1.82, 2.24) is 0 Å². The molecule has 0 atom stereocenters. The highest BCUT2D eigenvalue weighted by molar-refractivity contribution is 7.43. The minimum atomic E-state index is -2.07. The lowest BCUT2D eigenvalue weighted by Crippen LogP contribution is -2.06. The normalized spacial score (nSPS) is 10.7. The predicted octanol–water partition coefficient (Wildman–Crippen LogP) is 9.39. The highest BCUT2D eigenvalue weighted by atomic mass is 31.2. The van der Waals surface area contributed by atoms with E-state index in [1.54, 1.807) is 83.0 Å². The van der Waals surface area contributed by atoms with Gasteiger partial charge in [0.15, 0.2) is 46.0 Å². The molecule has 0 aliphatic rings. The molecule has 0 aromatic heterocycles. The highest BCUT2D eigenvalue weighted by Gasteiger charge is 2.26. The Hall–Kier alpha value is -4.88. The van der Waals surface area contributed by atoms with Gasteiger partial charge < -0.3 is 41.6 Å². The van der Waals surface area contributed by atoms with E-state index in [1.165, 1.54) is 0 Å². The molecule has 5 aromatic carbocycles. The fourth-order valence-corrected chi connectivity index (χ4v) is 6.22. The second kappa shape index (κ2) is 17.2. The molecule has 5 aromatic rings. The molecular formula is C35H34O10P2. The average Bonchev–Trinajstić information content (AvgIpc) is 3.12. The van der Waals surface area contributed by atoms with Gasteiger partial charge in [0, 0.05) is 5.56 Å². The third-order valence-corrected chi connectivity index (χ3v) is 8.51. The summed E-state index contributed by atoms with van der Waals surface area (Å²) in [5.41, 5.74) is 0.687. The van der Waals surface area contributed by atoms with Crippen LogP contribution >= 0.6 is 17.2 Å². The Bertz CT molecular complexity index is 1620. The van der Waals surface area contributed by atoms with Crippen LogP contribution < -0.4 is 41.6 Å². The topological polar surface area (TPSA) is 92.3 Å². The standard InChI is InChI=1S/C35H34O10P2/c1-36-28-17-7-11-21-32(28)42-46(43-33-22-12-8-18-29(33)37-2)40-25-26-15-5-6-16-27(26)41-47(44-34-23-13-9-19-30(34)38-3)45-35-24-14-10-20-31(35)39-4/h5-24H,25H2,1-4H3. The molecule has 12 heteroatoms. The number of hydrogen-bond donors (Lipinski definition) is 0. The van der Waals surface area contributed by atoms with E-state index in [-0.39, 0.29) is 6.61 Å². The molecule has 0 heterocycles. The molecular weight excluding hydrogens is 642 g/mol. The third-order valence-electron chi connectivity index (χ3n) is 6.44. The van der Waals surface area contributed by atoms with Crippen LogP contribution in [0.5, 0.6) is 51.7 Å². The van der Waals surface area contributed by atoms with Crippen molar-refractivity contribution in [3.63, 3.8) is 0 Å². The van der Waals surface area contributed by atoms with Crippen LogP contribution in [0.4, 0.5) is 0 Å². The number of ether oxygens (including phenoxy) is 4.